The maximum absolute atomic E-state index is 11.9. The Balaban J connectivity index is 2.06. The third-order valence-electron chi connectivity index (χ3n) is 5.64. The number of ether oxygens (including phenoxy) is 1. The predicted molar refractivity (Wildman–Crippen MR) is 52.6 cm³/mol. The largest absolute Gasteiger partial charge is 0.469 e. The van der Waals surface area contributed by atoms with Gasteiger partial charge in [-0.1, -0.05) is 13.8 Å². The molecular weight excluding hydrogens is 176 g/mol. The van der Waals surface area contributed by atoms with Crippen molar-refractivity contribution in [3.05, 3.63) is 0 Å². The van der Waals surface area contributed by atoms with E-state index in [1.165, 1.54) is 20.0 Å². The molecule has 2 heteroatoms. The molecule has 4 rings (SSSR count). The van der Waals surface area contributed by atoms with E-state index < -0.39 is 0 Å². The summed E-state index contributed by atoms with van der Waals surface area (Å²) in [5, 5.41) is 0. The number of rotatable bonds is 1. The van der Waals surface area contributed by atoms with Gasteiger partial charge in [0.15, 0.2) is 0 Å². The molecule has 2 unspecified atom stereocenters. The summed E-state index contributed by atoms with van der Waals surface area (Å²) in [6.45, 7) is 4.73. The van der Waals surface area contributed by atoms with Gasteiger partial charge in [0, 0.05) is 0 Å². The van der Waals surface area contributed by atoms with Gasteiger partial charge in [0.1, 0.15) is 0 Å². The lowest BCUT2D eigenvalue weighted by atomic mass is 9.71. The lowest BCUT2D eigenvalue weighted by molar-refractivity contribution is -0.153. The van der Waals surface area contributed by atoms with Gasteiger partial charge in [0.25, 0.3) is 0 Å². The van der Waals surface area contributed by atoms with Gasteiger partial charge in [0.05, 0.1) is 12.5 Å². The van der Waals surface area contributed by atoms with Crippen molar-refractivity contribution < 1.29 is 9.53 Å². The van der Waals surface area contributed by atoms with Gasteiger partial charge in [-0.3, -0.25) is 4.79 Å². The SMILES string of the molecule is COC(=O)C12C[C@]3(C)CC1C[C@]3(C)C2. The number of hydrogen-bond donors (Lipinski definition) is 0. The summed E-state index contributed by atoms with van der Waals surface area (Å²) in [4.78, 5) is 11.9. The van der Waals surface area contributed by atoms with Crippen molar-refractivity contribution in [2.24, 2.45) is 22.2 Å². The van der Waals surface area contributed by atoms with Crippen molar-refractivity contribution in [3.8, 4) is 0 Å². The summed E-state index contributed by atoms with van der Waals surface area (Å²) in [7, 11) is 1.53. The van der Waals surface area contributed by atoms with Crippen LogP contribution in [0.25, 0.3) is 0 Å². The Bertz CT molecular complexity index is 302. The highest BCUT2D eigenvalue weighted by molar-refractivity contribution is 5.79. The van der Waals surface area contributed by atoms with Gasteiger partial charge in [-0.15, -0.1) is 0 Å². The van der Waals surface area contributed by atoms with E-state index in [-0.39, 0.29) is 11.4 Å². The highest BCUT2D eigenvalue weighted by atomic mass is 16.5. The monoisotopic (exact) mass is 194 g/mol. The molecular formula is C12H18O2. The highest BCUT2D eigenvalue weighted by Crippen LogP contribution is 2.81. The average Bonchev–Trinajstić information content (AvgIpc) is 2.66. The Hall–Kier alpha value is -0.530. The minimum absolute atomic E-state index is 0.0625. The van der Waals surface area contributed by atoms with Crippen LogP contribution in [0.5, 0.6) is 0 Å². The van der Waals surface area contributed by atoms with E-state index in [2.05, 4.69) is 13.8 Å². The van der Waals surface area contributed by atoms with Crippen molar-refractivity contribution in [2.75, 3.05) is 7.11 Å². The van der Waals surface area contributed by atoms with Crippen LogP contribution in [0.2, 0.25) is 0 Å². The molecule has 0 spiro atoms. The number of carbonyl (C=O) groups is 1. The van der Waals surface area contributed by atoms with Crippen LogP contribution in [-0.4, -0.2) is 13.1 Å². The van der Waals surface area contributed by atoms with Gasteiger partial charge in [-0.25, -0.2) is 0 Å². The van der Waals surface area contributed by atoms with E-state index in [0.717, 1.165) is 12.8 Å². The molecule has 4 aliphatic rings. The lowest BCUT2D eigenvalue weighted by Gasteiger charge is -2.33. The summed E-state index contributed by atoms with van der Waals surface area (Å²) >= 11 is 0. The lowest BCUT2D eigenvalue weighted by Crippen LogP contribution is -2.31. The second kappa shape index (κ2) is 2.02. The average molecular weight is 194 g/mol. The fourth-order valence-electron chi connectivity index (χ4n) is 4.87. The molecule has 0 aromatic heterocycles. The van der Waals surface area contributed by atoms with Crippen LogP contribution in [0.3, 0.4) is 0 Å². The molecule has 0 saturated heterocycles. The van der Waals surface area contributed by atoms with E-state index >= 15 is 0 Å². The van der Waals surface area contributed by atoms with Gasteiger partial charge < -0.3 is 4.74 Å². The molecule has 4 bridgehead atoms. The Morgan fingerprint density at radius 2 is 1.71 bits per heavy atom. The Kier molecular flexibility index (Phi) is 1.27. The van der Waals surface area contributed by atoms with Crippen LogP contribution in [0, 0.1) is 22.2 Å². The third-order valence-corrected chi connectivity index (χ3v) is 5.64. The van der Waals surface area contributed by atoms with Crippen LogP contribution in [0.15, 0.2) is 0 Å². The zero-order chi connectivity index (χ0) is 10.2. The van der Waals surface area contributed by atoms with Gasteiger partial charge in [-0.05, 0) is 42.4 Å². The second-order valence-electron chi connectivity index (χ2n) is 6.23. The molecule has 78 valence electrons. The van der Waals surface area contributed by atoms with Gasteiger partial charge >= 0.3 is 5.97 Å². The first-order valence-corrected chi connectivity index (χ1v) is 5.54. The zero-order valence-electron chi connectivity index (χ0n) is 9.22. The van der Waals surface area contributed by atoms with Crippen molar-refractivity contribution in [3.63, 3.8) is 0 Å². The maximum atomic E-state index is 11.9. The van der Waals surface area contributed by atoms with Crippen LogP contribution in [-0.2, 0) is 9.53 Å². The summed E-state index contributed by atoms with van der Waals surface area (Å²) in [5.41, 5.74) is 0.760. The maximum Gasteiger partial charge on any atom is 0.312 e. The van der Waals surface area contributed by atoms with Crippen molar-refractivity contribution in [1.82, 2.24) is 0 Å². The molecule has 0 amide bonds. The van der Waals surface area contributed by atoms with Gasteiger partial charge in [0.2, 0.25) is 0 Å². The van der Waals surface area contributed by atoms with E-state index in [9.17, 15) is 4.79 Å². The fourth-order valence-corrected chi connectivity index (χ4v) is 4.87. The van der Waals surface area contributed by atoms with E-state index in [1.807, 2.05) is 0 Å². The Morgan fingerprint density at radius 1 is 1.21 bits per heavy atom. The second-order valence-corrected chi connectivity index (χ2v) is 6.23. The molecule has 4 atom stereocenters. The van der Waals surface area contributed by atoms with Crippen LogP contribution in [0.1, 0.15) is 39.5 Å². The smallest absolute Gasteiger partial charge is 0.312 e. The van der Waals surface area contributed by atoms with Crippen LogP contribution < -0.4 is 0 Å². The molecule has 0 aliphatic heterocycles. The van der Waals surface area contributed by atoms with Crippen LogP contribution in [0.4, 0.5) is 0 Å². The molecule has 0 N–H and O–H groups in total. The normalized spacial score (nSPS) is 58.4. The van der Waals surface area contributed by atoms with E-state index in [4.69, 9.17) is 4.74 Å². The first kappa shape index (κ1) is 8.75. The van der Waals surface area contributed by atoms with Crippen molar-refractivity contribution in [2.45, 2.75) is 39.5 Å². The van der Waals surface area contributed by atoms with E-state index in [1.54, 1.807) is 0 Å². The zero-order valence-corrected chi connectivity index (χ0v) is 9.22. The summed E-state index contributed by atoms with van der Waals surface area (Å²) < 4.78 is 5.00. The molecule has 0 heterocycles. The fraction of sp³-hybridized carbons (Fsp3) is 0.917. The molecule has 0 aromatic carbocycles. The first-order chi connectivity index (χ1) is 6.46. The highest BCUT2D eigenvalue weighted by Gasteiger charge is 2.76. The molecule has 4 fully saturated rings. The molecule has 2 nitrogen and oxygen atoms in total. The minimum atomic E-state index is -0.0851. The van der Waals surface area contributed by atoms with Crippen LogP contribution >= 0.6 is 0 Å². The topological polar surface area (TPSA) is 26.3 Å². The van der Waals surface area contributed by atoms with E-state index in [0.29, 0.717) is 16.7 Å². The number of methoxy groups -OCH3 is 1. The molecule has 14 heavy (non-hydrogen) atoms. The summed E-state index contributed by atoms with van der Waals surface area (Å²) in [6.07, 6.45) is 4.65. The molecule has 0 radical (unpaired) electrons. The number of carbonyl (C=O) groups excluding carboxylic acids is 1. The first-order valence-electron chi connectivity index (χ1n) is 5.54. The number of esters is 1. The summed E-state index contributed by atoms with van der Waals surface area (Å²) in [5.74, 6) is 0.678. The molecule has 4 saturated carbocycles. The predicted octanol–water partition coefficient (Wildman–Crippen LogP) is 2.38. The number of hydrogen-bond acceptors (Lipinski definition) is 2. The standard InChI is InChI=1S/C12H18O2/c1-10-4-8-5-11(10,2)7-12(8,6-10)9(13)14-3/h8H,4-7H2,1-3H3/t8?,10-,11+,12?. The Labute approximate surface area is 85.0 Å². The quantitative estimate of drug-likeness (QED) is 0.599. The minimum Gasteiger partial charge on any atom is -0.469 e. The molecule has 0 aromatic rings. The Morgan fingerprint density at radius 3 is 2.00 bits per heavy atom. The third kappa shape index (κ3) is 0.636. The van der Waals surface area contributed by atoms with Crippen molar-refractivity contribution in [1.29, 1.82) is 0 Å². The molecule has 4 aliphatic carbocycles. The summed E-state index contributed by atoms with van der Waals surface area (Å²) in [6, 6.07) is 0. The van der Waals surface area contributed by atoms with Gasteiger partial charge in [-0.2, -0.15) is 0 Å². The van der Waals surface area contributed by atoms with Crippen molar-refractivity contribution >= 4 is 5.97 Å².